The lowest BCUT2D eigenvalue weighted by atomic mass is 9.90. The second-order valence-electron chi connectivity index (χ2n) is 9.53. The molecule has 11 heteroatoms. The van der Waals surface area contributed by atoms with Crippen LogP contribution >= 0.6 is 11.6 Å². The number of rotatable bonds is 10. The van der Waals surface area contributed by atoms with Crippen LogP contribution in [0.3, 0.4) is 0 Å². The average Bonchev–Trinajstić information content (AvgIpc) is 3.25. The predicted octanol–water partition coefficient (Wildman–Crippen LogP) is 5.30. The fourth-order valence-corrected chi connectivity index (χ4v) is 5.21. The van der Waals surface area contributed by atoms with Crippen molar-refractivity contribution in [3.8, 4) is 11.5 Å². The van der Waals surface area contributed by atoms with Gasteiger partial charge in [-0.2, -0.15) is 0 Å². The third-order valence-electron chi connectivity index (χ3n) is 7.02. The Hall–Kier alpha value is -3.27. The molecule has 2 atom stereocenters. The van der Waals surface area contributed by atoms with Gasteiger partial charge >= 0.3 is 6.09 Å². The predicted molar refractivity (Wildman–Crippen MR) is 141 cm³/mol. The van der Waals surface area contributed by atoms with Gasteiger partial charge in [0.15, 0.2) is 11.6 Å². The number of ether oxygens (including phenoxy) is 3. The lowest BCUT2D eigenvalue weighted by Gasteiger charge is -2.33. The Morgan fingerprint density at radius 1 is 1.21 bits per heavy atom. The van der Waals surface area contributed by atoms with Crippen LogP contribution in [0.2, 0.25) is 5.15 Å². The molecule has 0 radical (unpaired) electrons. The highest BCUT2D eigenvalue weighted by Gasteiger charge is 2.36. The number of nitrogens with zero attached hydrogens (tertiary/aromatic N) is 2. The molecule has 0 unspecified atom stereocenters. The van der Waals surface area contributed by atoms with Gasteiger partial charge in [0.1, 0.15) is 16.7 Å². The van der Waals surface area contributed by atoms with E-state index in [4.69, 9.17) is 25.8 Å². The topological polar surface area (TPSA) is 102 Å². The molecular formula is C27H34ClFN4O5. The van der Waals surface area contributed by atoms with Gasteiger partial charge in [0, 0.05) is 29.8 Å². The first-order valence-electron chi connectivity index (χ1n) is 12.9. The number of halogens is 2. The van der Waals surface area contributed by atoms with E-state index in [9.17, 15) is 9.59 Å². The second kappa shape index (κ2) is 12.5. The van der Waals surface area contributed by atoms with Gasteiger partial charge in [-0.15, -0.1) is 0 Å². The number of fused-ring (bicyclic) bond motifs is 1. The van der Waals surface area contributed by atoms with E-state index in [1.165, 1.54) is 12.0 Å². The van der Waals surface area contributed by atoms with Crippen LogP contribution in [-0.2, 0) is 17.8 Å². The monoisotopic (exact) mass is 548 g/mol. The molecule has 1 fully saturated rings. The number of unbranched alkanes of at least 4 members (excludes halogenated alkanes) is 1. The van der Waals surface area contributed by atoms with Gasteiger partial charge in [-0.1, -0.05) is 37.8 Å². The fourth-order valence-electron chi connectivity index (χ4n) is 4.93. The molecule has 38 heavy (non-hydrogen) atoms. The van der Waals surface area contributed by atoms with Crippen LogP contribution in [-0.4, -0.2) is 54.8 Å². The van der Waals surface area contributed by atoms with Gasteiger partial charge in [0.05, 0.1) is 39.0 Å². The van der Waals surface area contributed by atoms with Crippen LogP contribution in [0.5, 0.6) is 11.5 Å². The Kier molecular flexibility index (Phi) is 9.14. The molecule has 1 aromatic carbocycles. The maximum atomic E-state index is 15.7. The van der Waals surface area contributed by atoms with Gasteiger partial charge in [-0.25, -0.2) is 14.2 Å². The number of pyridine rings is 1. The van der Waals surface area contributed by atoms with E-state index >= 15 is 4.39 Å². The van der Waals surface area contributed by atoms with Crippen molar-refractivity contribution in [2.24, 2.45) is 0 Å². The Labute approximate surface area is 227 Å². The largest absolute Gasteiger partial charge is 0.497 e. The number of benzene rings is 1. The van der Waals surface area contributed by atoms with Crippen molar-refractivity contribution in [2.45, 2.75) is 70.6 Å². The lowest BCUT2D eigenvalue weighted by molar-refractivity contribution is 0.0765. The van der Waals surface area contributed by atoms with Crippen LogP contribution in [0.1, 0.15) is 66.9 Å². The Balaban J connectivity index is 1.50. The molecule has 2 aromatic rings. The number of carbonyl (C=O) groups is 2. The number of hydrogen-bond donors (Lipinski definition) is 2. The first-order chi connectivity index (χ1) is 18.4. The Morgan fingerprint density at radius 3 is 2.68 bits per heavy atom. The highest BCUT2D eigenvalue weighted by atomic mass is 35.5. The van der Waals surface area contributed by atoms with E-state index in [1.807, 2.05) is 6.92 Å². The highest BCUT2D eigenvalue weighted by Crippen LogP contribution is 2.36. The number of methoxy groups -OCH3 is 2. The quantitative estimate of drug-likeness (QED) is 0.307. The molecule has 9 nitrogen and oxygen atoms in total. The Bertz CT molecular complexity index is 1180. The molecule has 1 saturated carbocycles. The molecule has 2 N–H and O–H groups in total. The summed E-state index contributed by atoms with van der Waals surface area (Å²) in [5.41, 5.74) is 1.02. The summed E-state index contributed by atoms with van der Waals surface area (Å²) >= 11 is 6.42. The van der Waals surface area contributed by atoms with E-state index in [2.05, 4.69) is 15.6 Å². The van der Waals surface area contributed by atoms with Crippen LogP contribution in [0.4, 0.5) is 15.0 Å². The molecule has 1 aliphatic heterocycles. The van der Waals surface area contributed by atoms with E-state index in [0.29, 0.717) is 18.1 Å². The zero-order valence-electron chi connectivity index (χ0n) is 21.9. The lowest BCUT2D eigenvalue weighted by Crippen LogP contribution is -2.49. The van der Waals surface area contributed by atoms with Gasteiger partial charge < -0.3 is 29.7 Å². The van der Waals surface area contributed by atoms with Crippen molar-refractivity contribution in [1.29, 1.82) is 0 Å². The number of hydrogen-bond acceptors (Lipinski definition) is 7. The number of anilines is 1. The number of aromatic nitrogens is 1. The summed E-state index contributed by atoms with van der Waals surface area (Å²) in [5, 5.41) is 6.00. The molecular weight excluding hydrogens is 515 g/mol. The van der Waals surface area contributed by atoms with Crippen molar-refractivity contribution in [1.82, 2.24) is 15.2 Å². The summed E-state index contributed by atoms with van der Waals surface area (Å²) in [4.78, 5) is 31.1. The third-order valence-corrected chi connectivity index (χ3v) is 7.29. The average molecular weight is 549 g/mol. The summed E-state index contributed by atoms with van der Waals surface area (Å²) in [6.07, 6.45) is 4.57. The van der Waals surface area contributed by atoms with Crippen LogP contribution in [0.25, 0.3) is 0 Å². The van der Waals surface area contributed by atoms with E-state index in [0.717, 1.165) is 44.1 Å². The van der Waals surface area contributed by atoms with Gasteiger partial charge in [0.2, 0.25) is 0 Å². The summed E-state index contributed by atoms with van der Waals surface area (Å²) in [6.45, 7) is 2.63. The van der Waals surface area contributed by atoms with Crippen molar-refractivity contribution >= 4 is 29.4 Å². The summed E-state index contributed by atoms with van der Waals surface area (Å²) < 4.78 is 31.6. The summed E-state index contributed by atoms with van der Waals surface area (Å²) in [7, 11) is 3.10. The fraction of sp³-hybridized carbons (Fsp3) is 0.519. The highest BCUT2D eigenvalue weighted by molar-refractivity contribution is 6.33. The van der Waals surface area contributed by atoms with Gasteiger partial charge in [-0.3, -0.25) is 4.79 Å². The zero-order chi connectivity index (χ0) is 27.2. The Morgan fingerprint density at radius 2 is 1.97 bits per heavy atom. The minimum absolute atomic E-state index is 0.0246. The maximum Gasteiger partial charge on any atom is 0.407 e. The van der Waals surface area contributed by atoms with E-state index < -0.39 is 17.8 Å². The van der Waals surface area contributed by atoms with Crippen molar-refractivity contribution < 1.29 is 28.2 Å². The number of amides is 2. The van der Waals surface area contributed by atoms with E-state index in [-0.39, 0.29) is 47.3 Å². The normalized spacial score (nSPS) is 18.7. The summed E-state index contributed by atoms with van der Waals surface area (Å²) in [6, 6.07) is 4.81. The van der Waals surface area contributed by atoms with Crippen molar-refractivity contribution in [3.05, 3.63) is 45.9 Å². The zero-order valence-corrected chi connectivity index (χ0v) is 22.7. The molecule has 0 spiro atoms. The van der Waals surface area contributed by atoms with Gasteiger partial charge in [0.25, 0.3) is 5.91 Å². The van der Waals surface area contributed by atoms with Crippen LogP contribution in [0, 0.1) is 5.82 Å². The van der Waals surface area contributed by atoms with E-state index in [1.54, 1.807) is 25.3 Å². The first kappa shape index (κ1) is 27.8. The second-order valence-corrected chi connectivity index (χ2v) is 9.89. The minimum atomic E-state index is -0.614. The van der Waals surface area contributed by atoms with Crippen LogP contribution < -0.4 is 20.1 Å². The molecule has 2 heterocycles. The smallest absolute Gasteiger partial charge is 0.407 e. The third kappa shape index (κ3) is 6.06. The molecule has 0 saturated heterocycles. The molecule has 2 aliphatic rings. The minimum Gasteiger partial charge on any atom is -0.497 e. The van der Waals surface area contributed by atoms with Crippen molar-refractivity contribution in [2.75, 3.05) is 26.1 Å². The molecule has 1 aromatic heterocycles. The van der Waals surface area contributed by atoms with Gasteiger partial charge in [-0.05, 0) is 31.4 Å². The number of alkyl carbamates (subject to hydrolysis) is 1. The SMILES string of the molecule is CCCCOC(=O)N[C@H]1CCCC[C@H]1Nc1nc(Cl)c2c(c1F)CN(Cc1ccc(OC)cc1OC)C2=O. The first-order valence-corrected chi connectivity index (χ1v) is 13.3. The molecule has 1 aliphatic carbocycles. The molecule has 206 valence electrons. The molecule has 4 rings (SSSR count). The number of carbonyl (C=O) groups excluding carboxylic acids is 2. The maximum absolute atomic E-state index is 15.7. The molecule has 2 amide bonds. The molecule has 0 bridgehead atoms. The summed E-state index contributed by atoms with van der Waals surface area (Å²) in [5.74, 6) is 0.151. The number of nitrogens with one attached hydrogen (secondary N) is 2. The van der Waals surface area contributed by atoms with Crippen molar-refractivity contribution in [3.63, 3.8) is 0 Å². The van der Waals surface area contributed by atoms with Crippen LogP contribution in [0.15, 0.2) is 18.2 Å². The standard InChI is InChI=1S/C27H34ClFN4O5/c1-4-5-12-38-27(35)31-20-9-7-6-8-19(20)30-25-23(29)18-15-33(26(34)22(18)24(28)32-25)14-16-10-11-17(36-2)13-21(16)37-3/h10-11,13,19-20H,4-9,12,14-15H2,1-3H3,(H,30,32)(H,31,35)/t19-,20+/m1/s1.